The van der Waals surface area contributed by atoms with Gasteiger partial charge in [-0.05, 0) is 18.1 Å². The molecule has 4 N–H and O–H groups in total. The van der Waals surface area contributed by atoms with Gasteiger partial charge in [0, 0.05) is 0 Å². The predicted octanol–water partition coefficient (Wildman–Crippen LogP) is 1.70. The zero-order valence-electron chi connectivity index (χ0n) is 10.5. The first-order valence-electron chi connectivity index (χ1n) is 5.86. The van der Waals surface area contributed by atoms with Crippen LogP contribution in [0.3, 0.4) is 0 Å². The predicted molar refractivity (Wildman–Crippen MR) is 69.5 cm³/mol. The molecule has 18 heavy (non-hydrogen) atoms. The Kier molecular flexibility index (Phi) is 4.85. The van der Waals surface area contributed by atoms with Gasteiger partial charge in [-0.25, -0.2) is 4.79 Å². The molecule has 0 fully saturated rings. The molecular weight excluding hydrogens is 232 g/mol. The van der Waals surface area contributed by atoms with Crippen LogP contribution in [0.2, 0.25) is 0 Å². The number of amides is 1. The summed E-state index contributed by atoms with van der Waals surface area (Å²) in [6.45, 7) is 3.83. The van der Waals surface area contributed by atoms with E-state index in [1.54, 1.807) is 18.2 Å². The summed E-state index contributed by atoms with van der Waals surface area (Å²) in [6.07, 6.45) is 0.787. The van der Waals surface area contributed by atoms with Crippen LogP contribution in [0, 0.1) is 5.92 Å². The third-order valence-electron chi connectivity index (χ3n) is 2.98. The van der Waals surface area contributed by atoms with Crippen molar-refractivity contribution in [2.45, 2.75) is 26.3 Å². The van der Waals surface area contributed by atoms with Crippen molar-refractivity contribution in [2.24, 2.45) is 11.7 Å². The highest BCUT2D eigenvalue weighted by molar-refractivity contribution is 6.02. The smallest absolute Gasteiger partial charge is 0.337 e. The monoisotopic (exact) mass is 250 g/mol. The van der Waals surface area contributed by atoms with E-state index in [9.17, 15) is 9.59 Å². The second kappa shape index (κ2) is 6.16. The van der Waals surface area contributed by atoms with Crippen LogP contribution in [0.4, 0.5) is 5.69 Å². The van der Waals surface area contributed by atoms with Crippen molar-refractivity contribution in [1.82, 2.24) is 0 Å². The van der Waals surface area contributed by atoms with Gasteiger partial charge in [0.2, 0.25) is 5.91 Å². The lowest BCUT2D eigenvalue weighted by molar-refractivity contribution is -0.118. The molecule has 5 nitrogen and oxygen atoms in total. The van der Waals surface area contributed by atoms with Gasteiger partial charge in [0.15, 0.2) is 0 Å². The molecule has 5 heteroatoms. The molecule has 0 aromatic heterocycles. The Morgan fingerprint density at radius 2 is 2.00 bits per heavy atom. The molecule has 0 radical (unpaired) electrons. The molecule has 0 heterocycles. The third kappa shape index (κ3) is 3.30. The van der Waals surface area contributed by atoms with Crippen LogP contribution >= 0.6 is 0 Å². The van der Waals surface area contributed by atoms with Crippen molar-refractivity contribution < 1.29 is 14.7 Å². The minimum Gasteiger partial charge on any atom is -0.478 e. The summed E-state index contributed by atoms with van der Waals surface area (Å²) in [5.41, 5.74) is 6.12. The Morgan fingerprint density at radius 1 is 1.39 bits per heavy atom. The zero-order valence-corrected chi connectivity index (χ0v) is 10.5. The second-order valence-corrected chi connectivity index (χ2v) is 4.25. The number of carbonyl (C=O) groups is 2. The maximum atomic E-state index is 11.9. The largest absolute Gasteiger partial charge is 0.478 e. The van der Waals surface area contributed by atoms with E-state index in [1.165, 1.54) is 6.07 Å². The van der Waals surface area contributed by atoms with Crippen LogP contribution in [0.1, 0.15) is 30.6 Å². The Labute approximate surface area is 106 Å². The number of rotatable bonds is 5. The summed E-state index contributed by atoms with van der Waals surface area (Å²) in [4.78, 5) is 22.8. The number of anilines is 1. The minimum atomic E-state index is -1.08. The number of nitrogens with two attached hydrogens (primary N) is 1. The number of para-hydroxylation sites is 1. The van der Waals surface area contributed by atoms with E-state index in [2.05, 4.69) is 5.32 Å². The lowest BCUT2D eigenvalue weighted by Gasteiger charge is -2.18. The fourth-order valence-electron chi connectivity index (χ4n) is 1.51. The van der Waals surface area contributed by atoms with E-state index < -0.39 is 12.0 Å². The van der Waals surface area contributed by atoms with Crippen LogP contribution in [-0.4, -0.2) is 23.0 Å². The average molecular weight is 250 g/mol. The first-order chi connectivity index (χ1) is 8.47. The molecule has 0 saturated carbocycles. The van der Waals surface area contributed by atoms with Crippen LogP contribution in [0.15, 0.2) is 24.3 Å². The second-order valence-electron chi connectivity index (χ2n) is 4.25. The average Bonchev–Trinajstić information content (AvgIpc) is 2.37. The van der Waals surface area contributed by atoms with Gasteiger partial charge >= 0.3 is 5.97 Å². The SMILES string of the molecule is CC[C@H](C)[C@H](N)C(=O)Nc1ccccc1C(=O)O. The fraction of sp³-hybridized carbons (Fsp3) is 0.385. The minimum absolute atomic E-state index is 0.0435. The number of carboxylic acid groups (broad SMARTS) is 1. The lowest BCUT2D eigenvalue weighted by Crippen LogP contribution is -2.40. The summed E-state index contributed by atoms with van der Waals surface area (Å²) in [5, 5.41) is 11.6. The van der Waals surface area contributed by atoms with Crippen molar-refractivity contribution in [3.05, 3.63) is 29.8 Å². The number of carbonyl (C=O) groups excluding carboxylic acids is 1. The van der Waals surface area contributed by atoms with E-state index in [0.29, 0.717) is 0 Å². The van der Waals surface area contributed by atoms with E-state index in [1.807, 2.05) is 13.8 Å². The topological polar surface area (TPSA) is 92.4 Å². The summed E-state index contributed by atoms with van der Waals surface area (Å²) < 4.78 is 0. The number of nitrogens with one attached hydrogen (secondary N) is 1. The summed E-state index contributed by atoms with van der Waals surface area (Å²) in [5.74, 6) is -1.40. The standard InChI is InChI=1S/C13H18N2O3/c1-3-8(2)11(14)12(16)15-10-7-5-4-6-9(10)13(17)18/h4-8,11H,3,14H2,1-2H3,(H,15,16)(H,17,18)/t8-,11-/m0/s1. The van der Waals surface area contributed by atoms with Crippen molar-refractivity contribution in [2.75, 3.05) is 5.32 Å². The van der Waals surface area contributed by atoms with E-state index in [-0.39, 0.29) is 23.1 Å². The van der Waals surface area contributed by atoms with Crippen LogP contribution in [-0.2, 0) is 4.79 Å². The highest BCUT2D eigenvalue weighted by atomic mass is 16.4. The van der Waals surface area contributed by atoms with Crippen molar-refractivity contribution >= 4 is 17.6 Å². The zero-order chi connectivity index (χ0) is 13.7. The summed E-state index contributed by atoms with van der Waals surface area (Å²) >= 11 is 0. The highest BCUT2D eigenvalue weighted by Gasteiger charge is 2.21. The van der Waals surface area contributed by atoms with Crippen molar-refractivity contribution in [3.63, 3.8) is 0 Å². The molecular formula is C13H18N2O3. The molecule has 0 aliphatic carbocycles. The van der Waals surface area contributed by atoms with Gasteiger partial charge in [-0.15, -0.1) is 0 Å². The molecule has 98 valence electrons. The molecule has 1 rings (SSSR count). The highest BCUT2D eigenvalue weighted by Crippen LogP contribution is 2.16. The van der Waals surface area contributed by atoms with Gasteiger partial charge in [0.25, 0.3) is 0 Å². The van der Waals surface area contributed by atoms with Crippen LogP contribution in [0.5, 0.6) is 0 Å². The Balaban J connectivity index is 2.85. The third-order valence-corrected chi connectivity index (χ3v) is 2.98. The maximum Gasteiger partial charge on any atom is 0.337 e. The number of benzene rings is 1. The molecule has 0 aliphatic rings. The van der Waals surface area contributed by atoms with Crippen molar-refractivity contribution in [3.8, 4) is 0 Å². The molecule has 0 aliphatic heterocycles. The van der Waals surface area contributed by atoms with Gasteiger partial charge in [-0.2, -0.15) is 0 Å². The van der Waals surface area contributed by atoms with Gasteiger partial charge < -0.3 is 16.2 Å². The van der Waals surface area contributed by atoms with Crippen LogP contribution < -0.4 is 11.1 Å². The molecule has 1 aromatic carbocycles. The van der Waals surface area contributed by atoms with E-state index in [4.69, 9.17) is 10.8 Å². The first-order valence-corrected chi connectivity index (χ1v) is 5.86. The number of hydrogen-bond donors (Lipinski definition) is 3. The quantitative estimate of drug-likeness (QED) is 0.741. The van der Waals surface area contributed by atoms with E-state index >= 15 is 0 Å². The number of carboxylic acids is 1. The lowest BCUT2D eigenvalue weighted by atomic mass is 9.99. The van der Waals surface area contributed by atoms with Gasteiger partial charge in [-0.3, -0.25) is 4.79 Å². The molecule has 0 saturated heterocycles. The summed E-state index contributed by atoms with van der Waals surface area (Å²) in [6, 6.07) is 5.61. The Morgan fingerprint density at radius 3 is 2.56 bits per heavy atom. The van der Waals surface area contributed by atoms with Gasteiger partial charge in [0.1, 0.15) is 0 Å². The van der Waals surface area contributed by atoms with Crippen LogP contribution in [0.25, 0.3) is 0 Å². The first kappa shape index (κ1) is 14.2. The van der Waals surface area contributed by atoms with Gasteiger partial charge in [-0.1, -0.05) is 32.4 Å². The maximum absolute atomic E-state index is 11.9. The Hall–Kier alpha value is -1.88. The van der Waals surface area contributed by atoms with Crippen molar-refractivity contribution in [1.29, 1.82) is 0 Å². The van der Waals surface area contributed by atoms with Gasteiger partial charge in [0.05, 0.1) is 17.3 Å². The molecule has 2 atom stereocenters. The molecule has 0 unspecified atom stereocenters. The number of aromatic carboxylic acids is 1. The molecule has 1 aromatic rings. The fourth-order valence-corrected chi connectivity index (χ4v) is 1.51. The molecule has 0 spiro atoms. The number of hydrogen-bond acceptors (Lipinski definition) is 3. The molecule has 1 amide bonds. The summed E-state index contributed by atoms with van der Waals surface area (Å²) in [7, 11) is 0. The normalized spacial score (nSPS) is 13.7. The Bertz CT molecular complexity index is 446. The van der Waals surface area contributed by atoms with E-state index in [0.717, 1.165) is 6.42 Å². The molecule has 0 bridgehead atoms.